The van der Waals surface area contributed by atoms with Gasteiger partial charge in [-0.05, 0) is 43.3 Å². The highest BCUT2D eigenvalue weighted by molar-refractivity contribution is 6.34. The topological polar surface area (TPSA) is 32.3 Å². The number of carbonyl (C=O) groups excluding carboxylic acids is 1. The van der Waals surface area contributed by atoms with Crippen LogP contribution >= 0.6 is 23.2 Å². The van der Waals surface area contributed by atoms with Crippen LogP contribution in [0.4, 0.5) is 0 Å². The van der Waals surface area contributed by atoms with E-state index in [9.17, 15) is 4.79 Å². The molecule has 2 aromatic rings. The highest BCUT2D eigenvalue weighted by Gasteiger charge is 2.18. The normalized spacial score (nSPS) is 12.2. The Balaban J connectivity index is 1.90. The summed E-state index contributed by atoms with van der Waals surface area (Å²) in [7, 11) is 1.90. The number of carbonyl (C=O) groups is 1. The zero-order valence-corrected chi connectivity index (χ0v) is 14.7. The van der Waals surface area contributed by atoms with Crippen molar-refractivity contribution in [3.05, 3.63) is 69.7 Å². The zero-order chi connectivity index (χ0) is 16.8. The molecule has 0 aliphatic heterocycles. The molecule has 0 aliphatic rings. The lowest BCUT2D eigenvalue weighted by Gasteiger charge is -2.24. The SMILES string of the molecule is CC(C(=O)NCc1ccccc1)N(C)Cc1cc(Cl)cc(Cl)c1. The van der Waals surface area contributed by atoms with Crippen molar-refractivity contribution in [2.24, 2.45) is 0 Å². The van der Waals surface area contributed by atoms with Gasteiger partial charge in [-0.25, -0.2) is 0 Å². The summed E-state index contributed by atoms with van der Waals surface area (Å²) in [4.78, 5) is 14.2. The Hall–Kier alpha value is -1.55. The van der Waals surface area contributed by atoms with Gasteiger partial charge in [0, 0.05) is 23.1 Å². The van der Waals surface area contributed by atoms with Crippen molar-refractivity contribution >= 4 is 29.1 Å². The second kappa shape index (κ2) is 8.34. The van der Waals surface area contributed by atoms with Gasteiger partial charge in [0.25, 0.3) is 0 Å². The van der Waals surface area contributed by atoms with Gasteiger partial charge in [-0.1, -0.05) is 53.5 Å². The molecule has 0 spiro atoms. The van der Waals surface area contributed by atoms with Gasteiger partial charge in [0.1, 0.15) is 0 Å². The predicted molar refractivity (Wildman–Crippen MR) is 95.7 cm³/mol. The number of amides is 1. The third-order valence-electron chi connectivity index (χ3n) is 3.70. The maximum absolute atomic E-state index is 12.3. The minimum Gasteiger partial charge on any atom is -0.351 e. The summed E-state index contributed by atoms with van der Waals surface area (Å²) in [6.07, 6.45) is 0. The van der Waals surface area contributed by atoms with Crippen molar-refractivity contribution in [1.82, 2.24) is 10.2 Å². The van der Waals surface area contributed by atoms with E-state index in [4.69, 9.17) is 23.2 Å². The fraction of sp³-hybridized carbons (Fsp3) is 0.278. The molecule has 0 aromatic heterocycles. The van der Waals surface area contributed by atoms with Crippen LogP contribution in [-0.4, -0.2) is 23.9 Å². The van der Waals surface area contributed by atoms with Gasteiger partial charge in [-0.2, -0.15) is 0 Å². The van der Waals surface area contributed by atoms with E-state index in [1.54, 1.807) is 6.07 Å². The number of benzene rings is 2. The van der Waals surface area contributed by atoms with Gasteiger partial charge in [-0.15, -0.1) is 0 Å². The average Bonchev–Trinajstić information content (AvgIpc) is 2.51. The van der Waals surface area contributed by atoms with Crippen molar-refractivity contribution in [3.63, 3.8) is 0 Å². The summed E-state index contributed by atoms with van der Waals surface area (Å²) in [6.45, 7) is 3.01. The van der Waals surface area contributed by atoms with Crippen molar-refractivity contribution in [2.45, 2.75) is 26.1 Å². The third-order valence-corrected chi connectivity index (χ3v) is 4.14. The minimum atomic E-state index is -0.253. The summed E-state index contributed by atoms with van der Waals surface area (Å²) in [5.41, 5.74) is 2.06. The molecule has 2 aromatic carbocycles. The van der Waals surface area contributed by atoms with Gasteiger partial charge >= 0.3 is 0 Å². The Morgan fingerprint density at radius 2 is 1.70 bits per heavy atom. The first-order valence-corrected chi connectivity index (χ1v) is 8.18. The fourth-order valence-corrected chi connectivity index (χ4v) is 2.83. The molecule has 3 nitrogen and oxygen atoms in total. The van der Waals surface area contributed by atoms with Crippen molar-refractivity contribution in [3.8, 4) is 0 Å². The monoisotopic (exact) mass is 350 g/mol. The van der Waals surface area contributed by atoms with Gasteiger partial charge < -0.3 is 5.32 Å². The van der Waals surface area contributed by atoms with Gasteiger partial charge in [-0.3, -0.25) is 9.69 Å². The molecule has 122 valence electrons. The molecule has 1 atom stereocenters. The molecule has 0 aliphatic carbocycles. The number of halogens is 2. The molecule has 0 saturated carbocycles. The summed E-state index contributed by atoms with van der Waals surface area (Å²) in [5.74, 6) is -0.00974. The molecule has 2 rings (SSSR count). The predicted octanol–water partition coefficient (Wildman–Crippen LogP) is 4.13. The van der Waals surface area contributed by atoms with Gasteiger partial charge in [0.15, 0.2) is 0 Å². The smallest absolute Gasteiger partial charge is 0.237 e. The maximum atomic E-state index is 12.3. The summed E-state index contributed by atoms with van der Waals surface area (Å²) >= 11 is 12.0. The first-order chi connectivity index (χ1) is 11.0. The van der Waals surface area contributed by atoms with Crippen LogP contribution < -0.4 is 5.32 Å². The van der Waals surface area contributed by atoms with Crippen LogP contribution in [0.25, 0.3) is 0 Å². The van der Waals surface area contributed by atoms with Crippen LogP contribution in [0.15, 0.2) is 48.5 Å². The quantitative estimate of drug-likeness (QED) is 0.849. The molecule has 0 fully saturated rings. The van der Waals surface area contributed by atoms with Crippen LogP contribution in [-0.2, 0) is 17.9 Å². The Kier molecular flexibility index (Phi) is 6.46. The molecule has 0 saturated heterocycles. The van der Waals surface area contributed by atoms with E-state index in [0.717, 1.165) is 11.1 Å². The Morgan fingerprint density at radius 3 is 2.30 bits per heavy atom. The molecule has 0 radical (unpaired) electrons. The highest BCUT2D eigenvalue weighted by atomic mass is 35.5. The Labute approximate surface area is 147 Å². The van der Waals surface area contributed by atoms with Crippen molar-refractivity contribution < 1.29 is 4.79 Å². The average molecular weight is 351 g/mol. The van der Waals surface area contributed by atoms with Crippen LogP contribution in [0.5, 0.6) is 0 Å². The number of likely N-dealkylation sites (N-methyl/N-ethyl adjacent to an activating group) is 1. The van der Waals surface area contributed by atoms with Crippen LogP contribution in [0.3, 0.4) is 0 Å². The first-order valence-electron chi connectivity index (χ1n) is 7.42. The van der Waals surface area contributed by atoms with Crippen LogP contribution in [0.2, 0.25) is 10.0 Å². The Morgan fingerprint density at radius 1 is 1.09 bits per heavy atom. The van der Waals surface area contributed by atoms with E-state index in [1.807, 2.05) is 61.3 Å². The first kappa shape index (κ1) is 17.8. The molecule has 0 heterocycles. The minimum absolute atomic E-state index is 0.00974. The van der Waals surface area contributed by atoms with E-state index in [0.29, 0.717) is 23.1 Å². The van der Waals surface area contributed by atoms with E-state index in [2.05, 4.69) is 5.32 Å². The molecule has 1 unspecified atom stereocenters. The lowest BCUT2D eigenvalue weighted by Crippen LogP contribution is -2.42. The lowest BCUT2D eigenvalue weighted by molar-refractivity contribution is -0.125. The largest absolute Gasteiger partial charge is 0.351 e. The van der Waals surface area contributed by atoms with Crippen LogP contribution in [0.1, 0.15) is 18.1 Å². The molecule has 1 amide bonds. The fourth-order valence-electron chi connectivity index (χ4n) is 2.26. The number of nitrogens with zero attached hydrogens (tertiary/aromatic N) is 1. The number of hydrogen-bond acceptors (Lipinski definition) is 2. The summed E-state index contributed by atoms with van der Waals surface area (Å²) in [5, 5.41) is 4.15. The molecular weight excluding hydrogens is 331 g/mol. The molecule has 1 N–H and O–H groups in total. The maximum Gasteiger partial charge on any atom is 0.237 e. The molecule has 23 heavy (non-hydrogen) atoms. The molecular formula is C18H20Cl2N2O. The summed E-state index contributed by atoms with van der Waals surface area (Å²) < 4.78 is 0. The zero-order valence-electron chi connectivity index (χ0n) is 13.2. The molecule has 5 heteroatoms. The number of nitrogens with one attached hydrogen (secondary N) is 1. The standard InChI is InChI=1S/C18H20Cl2N2O/c1-13(18(23)21-11-14-6-4-3-5-7-14)22(2)12-15-8-16(19)10-17(20)9-15/h3-10,13H,11-12H2,1-2H3,(H,21,23). The van der Waals surface area contributed by atoms with Crippen molar-refractivity contribution in [1.29, 1.82) is 0 Å². The van der Waals surface area contributed by atoms with E-state index in [-0.39, 0.29) is 11.9 Å². The van der Waals surface area contributed by atoms with E-state index in [1.165, 1.54) is 0 Å². The number of hydrogen-bond donors (Lipinski definition) is 1. The highest BCUT2D eigenvalue weighted by Crippen LogP contribution is 2.20. The van der Waals surface area contributed by atoms with Gasteiger partial charge in [0.2, 0.25) is 5.91 Å². The van der Waals surface area contributed by atoms with Crippen LogP contribution in [0, 0.1) is 0 Å². The second-order valence-corrected chi connectivity index (χ2v) is 6.45. The number of rotatable bonds is 6. The molecule has 0 bridgehead atoms. The third kappa shape index (κ3) is 5.54. The van der Waals surface area contributed by atoms with Gasteiger partial charge in [0.05, 0.1) is 6.04 Å². The Bertz CT molecular complexity index is 641. The summed E-state index contributed by atoms with van der Waals surface area (Å²) in [6, 6.07) is 15.0. The van der Waals surface area contributed by atoms with E-state index >= 15 is 0 Å². The lowest BCUT2D eigenvalue weighted by atomic mass is 10.1. The second-order valence-electron chi connectivity index (χ2n) is 5.57. The van der Waals surface area contributed by atoms with E-state index < -0.39 is 0 Å². The van der Waals surface area contributed by atoms with Crippen molar-refractivity contribution in [2.75, 3.05) is 7.05 Å².